The van der Waals surface area contributed by atoms with Crippen LogP contribution in [0.3, 0.4) is 0 Å². The van der Waals surface area contributed by atoms with E-state index < -0.39 is 18.0 Å². The number of nitrogens with one attached hydrogen (secondary N) is 2. The summed E-state index contributed by atoms with van der Waals surface area (Å²) in [5.74, 6) is -1.21. The molecule has 0 aliphatic heterocycles. The highest BCUT2D eigenvalue weighted by molar-refractivity contribution is 5.84. The molecule has 0 aliphatic rings. The molecular weight excluding hydrogens is 238 g/mol. The van der Waals surface area contributed by atoms with Crippen molar-refractivity contribution in [3.05, 3.63) is 0 Å². The van der Waals surface area contributed by atoms with Gasteiger partial charge in [0.1, 0.15) is 6.54 Å². The van der Waals surface area contributed by atoms with Crippen LogP contribution in [0.4, 0.5) is 4.79 Å². The number of rotatable bonds is 7. The molecule has 0 saturated heterocycles. The number of aliphatic carboxylic acids is 1. The largest absolute Gasteiger partial charge is 0.481 e. The summed E-state index contributed by atoms with van der Waals surface area (Å²) < 4.78 is 0. The number of carboxylic acids is 1. The first-order chi connectivity index (χ1) is 8.40. The minimum absolute atomic E-state index is 0.0318. The summed E-state index contributed by atoms with van der Waals surface area (Å²) in [5.41, 5.74) is 0. The average molecular weight is 259 g/mol. The van der Waals surface area contributed by atoms with E-state index in [4.69, 9.17) is 5.11 Å². The van der Waals surface area contributed by atoms with Gasteiger partial charge in [-0.3, -0.25) is 9.59 Å². The monoisotopic (exact) mass is 259 g/mol. The predicted molar refractivity (Wildman–Crippen MR) is 66.2 cm³/mol. The fourth-order valence-electron chi connectivity index (χ4n) is 1.37. The highest BCUT2D eigenvalue weighted by atomic mass is 16.4. The number of carbonyl (C=O) groups excluding carboxylic acids is 2. The summed E-state index contributed by atoms with van der Waals surface area (Å²) in [4.78, 5) is 34.9. The maximum Gasteiger partial charge on any atom is 0.318 e. The lowest BCUT2D eigenvalue weighted by atomic mass is 10.2. The Balaban J connectivity index is 4.26. The first-order valence-corrected chi connectivity index (χ1v) is 5.94. The lowest BCUT2D eigenvalue weighted by Crippen LogP contribution is -2.48. The van der Waals surface area contributed by atoms with Crippen LogP contribution in [0.15, 0.2) is 0 Å². The van der Waals surface area contributed by atoms with Gasteiger partial charge in [0, 0.05) is 19.1 Å². The van der Waals surface area contributed by atoms with E-state index in [1.165, 1.54) is 4.90 Å². The second-order valence-electron chi connectivity index (χ2n) is 3.92. The molecule has 0 aromatic carbocycles. The zero-order valence-corrected chi connectivity index (χ0v) is 11.0. The van der Waals surface area contributed by atoms with Crippen molar-refractivity contribution < 1.29 is 19.5 Å². The molecular formula is C11H21N3O4. The van der Waals surface area contributed by atoms with Gasteiger partial charge in [0.25, 0.3) is 0 Å². The second kappa shape index (κ2) is 8.32. The third-order valence-electron chi connectivity index (χ3n) is 2.23. The molecule has 0 saturated carbocycles. The number of nitrogens with zero attached hydrogens (tertiary/aromatic N) is 1. The van der Waals surface area contributed by atoms with Crippen molar-refractivity contribution in [1.29, 1.82) is 0 Å². The third-order valence-corrected chi connectivity index (χ3v) is 2.23. The van der Waals surface area contributed by atoms with E-state index >= 15 is 0 Å². The van der Waals surface area contributed by atoms with Crippen LogP contribution in [0, 0.1) is 0 Å². The number of carboxylic acid groups (broad SMARTS) is 1. The molecule has 7 heteroatoms. The highest BCUT2D eigenvalue weighted by Gasteiger charge is 2.17. The summed E-state index contributed by atoms with van der Waals surface area (Å²) in [6.07, 6.45) is -0.148. The minimum Gasteiger partial charge on any atom is -0.481 e. The van der Waals surface area contributed by atoms with Gasteiger partial charge in [-0.25, -0.2) is 4.79 Å². The Hall–Kier alpha value is -1.79. The van der Waals surface area contributed by atoms with E-state index in [2.05, 4.69) is 10.6 Å². The van der Waals surface area contributed by atoms with Crippen LogP contribution >= 0.6 is 0 Å². The molecule has 0 radical (unpaired) electrons. The molecule has 0 fully saturated rings. The van der Waals surface area contributed by atoms with Gasteiger partial charge in [0.05, 0.1) is 6.42 Å². The average Bonchev–Trinajstić information content (AvgIpc) is 2.24. The Morgan fingerprint density at radius 3 is 2.33 bits per heavy atom. The standard InChI is InChI=1S/C11H21N3O4/c1-4-12-9(15)7-14(5-2)11(18)13-8(3)6-10(16)17/h8H,4-7H2,1-3H3,(H,12,15)(H,13,18)(H,16,17). The molecule has 0 aromatic rings. The van der Waals surface area contributed by atoms with Crippen LogP contribution in [-0.2, 0) is 9.59 Å². The van der Waals surface area contributed by atoms with Crippen molar-refractivity contribution >= 4 is 17.9 Å². The molecule has 0 aliphatic carbocycles. The molecule has 18 heavy (non-hydrogen) atoms. The van der Waals surface area contributed by atoms with Crippen LogP contribution in [0.5, 0.6) is 0 Å². The number of hydrogen-bond donors (Lipinski definition) is 3. The van der Waals surface area contributed by atoms with Gasteiger partial charge < -0.3 is 20.6 Å². The Kier molecular flexibility index (Phi) is 7.50. The summed E-state index contributed by atoms with van der Waals surface area (Å²) in [5, 5.41) is 13.7. The van der Waals surface area contributed by atoms with Gasteiger partial charge in [-0.2, -0.15) is 0 Å². The van der Waals surface area contributed by atoms with Crippen LogP contribution in [0.25, 0.3) is 0 Å². The van der Waals surface area contributed by atoms with Gasteiger partial charge in [0.2, 0.25) is 5.91 Å². The predicted octanol–water partition coefficient (Wildman–Crippen LogP) is 0.0172. The zero-order valence-electron chi connectivity index (χ0n) is 11.0. The number of amides is 3. The van der Waals surface area contributed by atoms with Crippen LogP contribution in [0.2, 0.25) is 0 Å². The van der Waals surface area contributed by atoms with Gasteiger partial charge in [-0.05, 0) is 20.8 Å². The molecule has 3 amide bonds. The Morgan fingerprint density at radius 2 is 1.89 bits per heavy atom. The molecule has 7 nitrogen and oxygen atoms in total. The third kappa shape index (κ3) is 6.72. The van der Waals surface area contributed by atoms with E-state index in [1.54, 1.807) is 20.8 Å². The topological polar surface area (TPSA) is 98.7 Å². The van der Waals surface area contributed by atoms with E-state index in [1.807, 2.05) is 0 Å². The summed E-state index contributed by atoms with van der Waals surface area (Å²) in [6.45, 7) is 6.00. The van der Waals surface area contributed by atoms with Gasteiger partial charge in [-0.15, -0.1) is 0 Å². The van der Waals surface area contributed by atoms with Gasteiger partial charge >= 0.3 is 12.0 Å². The Morgan fingerprint density at radius 1 is 1.28 bits per heavy atom. The minimum atomic E-state index is -0.977. The normalized spacial score (nSPS) is 11.5. The molecule has 0 spiro atoms. The number of carbonyl (C=O) groups is 3. The lowest BCUT2D eigenvalue weighted by Gasteiger charge is -2.22. The van der Waals surface area contributed by atoms with E-state index in [0.717, 1.165) is 0 Å². The second-order valence-corrected chi connectivity index (χ2v) is 3.92. The quantitative estimate of drug-likeness (QED) is 0.600. The molecule has 1 atom stereocenters. The SMILES string of the molecule is CCNC(=O)CN(CC)C(=O)NC(C)CC(=O)O. The fraction of sp³-hybridized carbons (Fsp3) is 0.727. The van der Waals surface area contributed by atoms with Crippen molar-refractivity contribution in [1.82, 2.24) is 15.5 Å². The number of urea groups is 1. The molecule has 104 valence electrons. The molecule has 1 unspecified atom stereocenters. The van der Waals surface area contributed by atoms with Gasteiger partial charge in [0.15, 0.2) is 0 Å². The molecule has 3 N–H and O–H groups in total. The first kappa shape index (κ1) is 16.2. The van der Waals surface area contributed by atoms with E-state index in [0.29, 0.717) is 13.1 Å². The maximum atomic E-state index is 11.7. The van der Waals surface area contributed by atoms with Crippen LogP contribution < -0.4 is 10.6 Å². The fourth-order valence-corrected chi connectivity index (χ4v) is 1.37. The van der Waals surface area contributed by atoms with Crippen molar-refractivity contribution in [2.45, 2.75) is 33.2 Å². The lowest BCUT2D eigenvalue weighted by molar-refractivity contribution is -0.137. The van der Waals surface area contributed by atoms with Crippen molar-refractivity contribution in [3.63, 3.8) is 0 Å². The molecule has 0 rings (SSSR count). The molecule has 0 bridgehead atoms. The van der Waals surface area contributed by atoms with Crippen LogP contribution in [-0.4, -0.2) is 53.6 Å². The summed E-state index contributed by atoms with van der Waals surface area (Å²) in [7, 11) is 0. The Labute approximate surface area is 107 Å². The van der Waals surface area contributed by atoms with Crippen molar-refractivity contribution in [3.8, 4) is 0 Å². The number of hydrogen-bond acceptors (Lipinski definition) is 3. The maximum absolute atomic E-state index is 11.7. The van der Waals surface area contributed by atoms with E-state index in [-0.39, 0.29) is 18.9 Å². The van der Waals surface area contributed by atoms with Gasteiger partial charge in [-0.1, -0.05) is 0 Å². The zero-order chi connectivity index (χ0) is 14.1. The molecule has 0 heterocycles. The molecule has 0 aromatic heterocycles. The van der Waals surface area contributed by atoms with E-state index in [9.17, 15) is 14.4 Å². The highest BCUT2D eigenvalue weighted by Crippen LogP contribution is 1.95. The van der Waals surface area contributed by atoms with Crippen molar-refractivity contribution in [2.24, 2.45) is 0 Å². The number of likely N-dealkylation sites (N-methyl/N-ethyl adjacent to an activating group) is 2. The Bertz CT molecular complexity index is 307. The van der Waals surface area contributed by atoms with Crippen LogP contribution in [0.1, 0.15) is 27.2 Å². The van der Waals surface area contributed by atoms with Crippen molar-refractivity contribution in [2.75, 3.05) is 19.6 Å². The summed E-state index contributed by atoms with van der Waals surface area (Å²) >= 11 is 0. The summed E-state index contributed by atoms with van der Waals surface area (Å²) in [6, 6.07) is -0.907. The first-order valence-electron chi connectivity index (χ1n) is 5.94. The smallest absolute Gasteiger partial charge is 0.318 e.